The summed E-state index contributed by atoms with van der Waals surface area (Å²) < 4.78 is 6.84. The SMILES string of the molecule is COC(=O)C1CCN(C(=O)/C=C/c2c(-c3ccc(C)cc3)nc3cc(C)ccn23)CC1. The van der Waals surface area contributed by atoms with Crippen LogP contribution in [0, 0.1) is 19.8 Å². The quantitative estimate of drug-likeness (QED) is 0.475. The van der Waals surface area contributed by atoms with E-state index in [0.717, 1.165) is 28.2 Å². The highest BCUT2D eigenvalue weighted by Gasteiger charge is 2.27. The molecule has 6 heteroatoms. The number of fused-ring (bicyclic) bond motifs is 1. The number of piperidine rings is 1. The largest absolute Gasteiger partial charge is 0.469 e. The van der Waals surface area contributed by atoms with Crippen LogP contribution in [-0.4, -0.2) is 46.4 Å². The lowest BCUT2D eigenvalue weighted by Gasteiger charge is -2.29. The molecule has 0 unspecified atom stereocenters. The number of imidazole rings is 1. The molecule has 0 spiro atoms. The number of hydrogen-bond acceptors (Lipinski definition) is 4. The average molecular weight is 418 g/mol. The van der Waals surface area contributed by atoms with E-state index in [2.05, 4.69) is 31.2 Å². The number of ether oxygens (including phenoxy) is 1. The fraction of sp³-hybridized carbons (Fsp3) is 0.320. The van der Waals surface area contributed by atoms with E-state index in [1.165, 1.54) is 12.7 Å². The number of esters is 1. The van der Waals surface area contributed by atoms with E-state index < -0.39 is 0 Å². The molecule has 0 N–H and O–H groups in total. The molecule has 0 radical (unpaired) electrons. The van der Waals surface area contributed by atoms with Crippen LogP contribution >= 0.6 is 0 Å². The first-order valence-corrected chi connectivity index (χ1v) is 10.6. The molecule has 1 saturated heterocycles. The van der Waals surface area contributed by atoms with E-state index in [1.54, 1.807) is 11.0 Å². The second-order valence-electron chi connectivity index (χ2n) is 8.10. The van der Waals surface area contributed by atoms with Gasteiger partial charge in [0.15, 0.2) is 0 Å². The van der Waals surface area contributed by atoms with Crippen molar-refractivity contribution < 1.29 is 14.3 Å². The van der Waals surface area contributed by atoms with Gasteiger partial charge in [0.05, 0.1) is 24.4 Å². The zero-order chi connectivity index (χ0) is 22.0. The summed E-state index contributed by atoms with van der Waals surface area (Å²) in [6.07, 6.45) is 6.71. The molecule has 1 amide bonds. The van der Waals surface area contributed by atoms with Crippen molar-refractivity contribution >= 4 is 23.6 Å². The molecule has 31 heavy (non-hydrogen) atoms. The smallest absolute Gasteiger partial charge is 0.308 e. The molecule has 1 aliphatic heterocycles. The summed E-state index contributed by atoms with van der Waals surface area (Å²) in [7, 11) is 1.41. The van der Waals surface area contributed by atoms with Gasteiger partial charge in [0, 0.05) is 30.9 Å². The maximum absolute atomic E-state index is 12.8. The Hall–Kier alpha value is -3.41. The lowest BCUT2D eigenvalue weighted by Crippen LogP contribution is -2.39. The molecule has 160 valence electrons. The summed E-state index contributed by atoms with van der Waals surface area (Å²) in [6.45, 7) is 5.21. The van der Waals surface area contributed by atoms with Gasteiger partial charge in [-0.2, -0.15) is 0 Å². The van der Waals surface area contributed by atoms with Crippen LogP contribution in [0.25, 0.3) is 23.0 Å². The zero-order valence-corrected chi connectivity index (χ0v) is 18.2. The minimum absolute atomic E-state index is 0.0553. The number of benzene rings is 1. The topological polar surface area (TPSA) is 63.9 Å². The Labute approximate surface area is 182 Å². The predicted octanol–water partition coefficient (Wildman–Crippen LogP) is 4.04. The Morgan fingerprint density at radius 3 is 2.45 bits per heavy atom. The Balaban J connectivity index is 1.61. The molecular weight excluding hydrogens is 390 g/mol. The molecular formula is C25H27N3O3. The van der Waals surface area contributed by atoms with Gasteiger partial charge in [-0.15, -0.1) is 0 Å². The number of methoxy groups -OCH3 is 1. The van der Waals surface area contributed by atoms with E-state index in [-0.39, 0.29) is 17.8 Å². The second-order valence-corrected chi connectivity index (χ2v) is 8.10. The van der Waals surface area contributed by atoms with Crippen molar-refractivity contribution in [1.82, 2.24) is 14.3 Å². The highest BCUT2D eigenvalue weighted by molar-refractivity contribution is 5.93. The molecule has 1 fully saturated rings. The monoisotopic (exact) mass is 417 g/mol. The number of carbonyl (C=O) groups is 2. The molecule has 6 nitrogen and oxygen atoms in total. The molecule has 1 aromatic carbocycles. The first kappa shape index (κ1) is 20.8. The number of aromatic nitrogens is 2. The van der Waals surface area contributed by atoms with Crippen LogP contribution in [0.4, 0.5) is 0 Å². The predicted molar refractivity (Wildman–Crippen MR) is 120 cm³/mol. The lowest BCUT2D eigenvalue weighted by atomic mass is 9.97. The summed E-state index contributed by atoms with van der Waals surface area (Å²) in [4.78, 5) is 31.2. The fourth-order valence-corrected chi connectivity index (χ4v) is 4.01. The summed E-state index contributed by atoms with van der Waals surface area (Å²) >= 11 is 0. The van der Waals surface area contributed by atoms with Crippen LogP contribution in [0.1, 0.15) is 29.7 Å². The summed E-state index contributed by atoms with van der Waals surface area (Å²) in [5.41, 5.74) is 5.90. The third kappa shape index (κ3) is 4.38. The van der Waals surface area contributed by atoms with Gasteiger partial charge in [-0.05, 0) is 50.5 Å². The Morgan fingerprint density at radius 1 is 1.06 bits per heavy atom. The molecule has 0 aliphatic carbocycles. The zero-order valence-electron chi connectivity index (χ0n) is 18.2. The number of aryl methyl sites for hydroxylation is 2. The van der Waals surface area contributed by atoms with Crippen molar-refractivity contribution in [3.8, 4) is 11.3 Å². The number of likely N-dealkylation sites (tertiary alicyclic amines) is 1. The number of rotatable bonds is 4. The molecule has 2 aromatic heterocycles. The highest BCUT2D eigenvalue weighted by atomic mass is 16.5. The van der Waals surface area contributed by atoms with Crippen molar-refractivity contribution in [2.75, 3.05) is 20.2 Å². The average Bonchev–Trinajstić information content (AvgIpc) is 3.14. The highest BCUT2D eigenvalue weighted by Crippen LogP contribution is 2.27. The van der Waals surface area contributed by atoms with E-state index >= 15 is 0 Å². The summed E-state index contributed by atoms with van der Waals surface area (Å²) in [5.74, 6) is -0.361. The van der Waals surface area contributed by atoms with Gasteiger partial charge in [-0.1, -0.05) is 29.8 Å². The van der Waals surface area contributed by atoms with Crippen LogP contribution in [0.3, 0.4) is 0 Å². The minimum atomic E-state index is -0.189. The summed E-state index contributed by atoms with van der Waals surface area (Å²) in [6, 6.07) is 12.3. The van der Waals surface area contributed by atoms with Gasteiger partial charge in [0.2, 0.25) is 5.91 Å². The van der Waals surface area contributed by atoms with E-state index in [1.807, 2.05) is 35.7 Å². The van der Waals surface area contributed by atoms with Gasteiger partial charge >= 0.3 is 5.97 Å². The van der Waals surface area contributed by atoms with E-state index in [0.29, 0.717) is 25.9 Å². The van der Waals surface area contributed by atoms with Crippen molar-refractivity contribution in [2.45, 2.75) is 26.7 Å². The third-order valence-electron chi connectivity index (χ3n) is 5.87. The van der Waals surface area contributed by atoms with Crippen LogP contribution in [0.2, 0.25) is 0 Å². The fourth-order valence-electron chi connectivity index (χ4n) is 4.01. The maximum Gasteiger partial charge on any atom is 0.308 e. The lowest BCUT2D eigenvalue weighted by molar-refractivity contribution is -0.148. The second kappa shape index (κ2) is 8.76. The molecule has 0 bridgehead atoms. The van der Waals surface area contributed by atoms with Gasteiger partial charge in [-0.25, -0.2) is 4.98 Å². The van der Waals surface area contributed by atoms with Gasteiger partial charge in [0.25, 0.3) is 0 Å². The van der Waals surface area contributed by atoms with Crippen LogP contribution in [-0.2, 0) is 14.3 Å². The molecule has 0 atom stereocenters. The van der Waals surface area contributed by atoms with Crippen LogP contribution in [0.15, 0.2) is 48.7 Å². The van der Waals surface area contributed by atoms with Gasteiger partial charge in [-0.3, -0.25) is 14.0 Å². The molecule has 3 aromatic rings. The Bertz CT molecular complexity index is 1140. The Kier molecular flexibility index (Phi) is 5.89. The Morgan fingerprint density at radius 2 is 1.77 bits per heavy atom. The standard InChI is InChI=1S/C25H27N3O3/c1-17-4-6-19(7-5-17)24-21(28-15-10-18(2)16-22(28)26-24)8-9-23(29)27-13-11-20(12-14-27)25(30)31-3/h4-10,15-16,20H,11-14H2,1-3H3/b9-8+. The van der Waals surface area contributed by atoms with Crippen molar-refractivity contribution in [1.29, 1.82) is 0 Å². The first-order valence-electron chi connectivity index (χ1n) is 10.6. The van der Waals surface area contributed by atoms with Crippen LogP contribution < -0.4 is 0 Å². The van der Waals surface area contributed by atoms with Crippen molar-refractivity contribution in [2.24, 2.45) is 5.92 Å². The first-order chi connectivity index (χ1) is 15.0. The van der Waals surface area contributed by atoms with Crippen molar-refractivity contribution in [3.05, 3.63) is 65.5 Å². The molecule has 1 aliphatic rings. The maximum atomic E-state index is 12.8. The van der Waals surface area contributed by atoms with Crippen LogP contribution in [0.5, 0.6) is 0 Å². The van der Waals surface area contributed by atoms with Gasteiger partial charge in [0.1, 0.15) is 5.65 Å². The van der Waals surface area contributed by atoms with Gasteiger partial charge < -0.3 is 9.64 Å². The number of nitrogens with zero attached hydrogens (tertiary/aromatic N) is 3. The number of pyridine rings is 1. The summed E-state index contributed by atoms with van der Waals surface area (Å²) in [5, 5.41) is 0. The minimum Gasteiger partial charge on any atom is -0.469 e. The number of amides is 1. The van der Waals surface area contributed by atoms with E-state index in [9.17, 15) is 9.59 Å². The third-order valence-corrected chi connectivity index (χ3v) is 5.87. The normalized spacial score (nSPS) is 15.0. The molecule has 4 rings (SSSR count). The van der Waals surface area contributed by atoms with E-state index in [4.69, 9.17) is 9.72 Å². The molecule has 0 saturated carbocycles. The number of carbonyl (C=O) groups excluding carboxylic acids is 2. The molecule has 3 heterocycles. The van der Waals surface area contributed by atoms with Crippen molar-refractivity contribution in [3.63, 3.8) is 0 Å². The number of hydrogen-bond donors (Lipinski definition) is 0.